The molecular formula is C11H23ClO3S. The van der Waals surface area contributed by atoms with Gasteiger partial charge >= 0.3 is 0 Å². The fourth-order valence-corrected chi connectivity index (χ4v) is 2.27. The fraction of sp³-hybridized carbons (Fsp3) is 1.00. The van der Waals surface area contributed by atoms with E-state index in [0.29, 0.717) is 18.9 Å². The fourth-order valence-electron chi connectivity index (χ4n) is 1.48. The van der Waals surface area contributed by atoms with Crippen LogP contribution in [0.2, 0.25) is 0 Å². The molecule has 0 heterocycles. The van der Waals surface area contributed by atoms with Gasteiger partial charge in [0.15, 0.2) is 0 Å². The molecule has 0 aliphatic rings. The van der Waals surface area contributed by atoms with Crippen LogP contribution in [0.5, 0.6) is 0 Å². The molecule has 0 aromatic carbocycles. The molecule has 0 saturated heterocycles. The van der Waals surface area contributed by atoms with E-state index < -0.39 is 9.05 Å². The minimum absolute atomic E-state index is 0.000305. The van der Waals surface area contributed by atoms with Crippen molar-refractivity contribution in [3.63, 3.8) is 0 Å². The Morgan fingerprint density at radius 3 is 2.44 bits per heavy atom. The number of unbranched alkanes of at least 4 members (excludes halogenated alkanes) is 1. The monoisotopic (exact) mass is 270 g/mol. The van der Waals surface area contributed by atoms with E-state index in [4.69, 9.17) is 15.4 Å². The third kappa shape index (κ3) is 10.7. The van der Waals surface area contributed by atoms with E-state index in [9.17, 15) is 8.42 Å². The summed E-state index contributed by atoms with van der Waals surface area (Å²) in [6.07, 6.45) is 5.24. The zero-order valence-corrected chi connectivity index (χ0v) is 11.8. The van der Waals surface area contributed by atoms with Crippen LogP contribution in [0.15, 0.2) is 0 Å². The van der Waals surface area contributed by atoms with Gasteiger partial charge in [0.1, 0.15) is 0 Å². The van der Waals surface area contributed by atoms with Crippen LogP contribution in [0.1, 0.15) is 46.0 Å². The first-order valence-corrected chi connectivity index (χ1v) is 8.47. The molecule has 98 valence electrons. The minimum atomic E-state index is -3.35. The van der Waals surface area contributed by atoms with Gasteiger partial charge < -0.3 is 4.74 Å². The number of hydrogen-bond acceptors (Lipinski definition) is 3. The van der Waals surface area contributed by atoms with Crippen molar-refractivity contribution in [2.45, 2.75) is 46.0 Å². The first-order valence-electron chi connectivity index (χ1n) is 5.99. The van der Waals surface area contributed by atoms with Crippen molar-refractivity contribution in [3.05, 3.63) is 0 Å². The van der Waals surface area contributed by atoms with Gasteiger partial charge in [-0.15, -0.1) is 0 Å². The van der Waals surface area contributed by atoms with E-state index in [2.05, 4.69) is 13.8 Å². The molecule has 0 radical (unpaired) electrons. The van der Waals surface area contributed by atoms with Gasteiger partial charge in [-0.05, 0) is 18.8 Å². The van der Waals surface area contributed by atoms with E-state index in [-0.39, 0.29) is 5.75 Å². The number of halogens is 1. The molecule has 0 amide bonds. The van der Waals surface area contributed by atoms with Gasteiger partial charge in [0.2, 0.25) is 9.05 Å². The average Bonchev–Trinajstić information content (AvgIpc) is 2.20. The lowest BCUT2D eigenvalue weighted by Crippen LogP contribution is -2.11. The van der Waals surface area contributed by atoms with E-state index in [1.165, 1.54) is 19.3 Å². The van der Waals surface area contributed by atoms with E-state index >= 15 is 0 Å². The molecule has 3 nitrogen and oxygen atoms in total. The van der Waals surface area contributed by atoms with Gasteiger partial charge in [0.25, 0.3) is 0 Å². The molecule has 0 aliphatic heterocycles. The molecule has 0 spiro atoms. The highest BCUT2D eigenvalue weighted by Gasteiger charge is 2.07. The molecule has 16 heavy (non-hydrogen) atoms. The lowest BCUT2D eigenvalue weighted by Gasteiger charge is -2.14. The van der Waals surface area contributed by atoms with Crippen molar-refractivity contribution in [2.75, 3.05) is 19.0 Å². The van der Waals surface area contributed by atoms with Crippen LogP contribution in [0, 0.1) is 5.92 Å². The smallest absolute Gasteiger partial charge is 0.232 e. The van der Waals surface area contributed by atoms with Gasteiger partial charge in [0, 0.05) is 23.9 Å². The Kier molecular flexibility index (Phi) is 9.37. The van der Waals surface area contributed by atoms with Crippen molar-refractivity contribution in [2.24, 2.45) is 5.92 Å². The van der Waals surface area contributed by atoms with E-state index in [0.717, 1.165) is 13.0 Å². The van der Waals surface area contributed by atoms with E-state index in [1.807, 2.05) is 0 Å². The summed E-state index contributed by atoms with van der Waals surface area (Å²) in [5.41, 5.74) is 0. The summed E-state index contributed by atoms with van der Waals surface area (Å²) < 4.78 is 26.7. The molecule has 1 unspecified atom stereocenters. The molecule has 0 aromatic rings. The molecule has 0 aliphatic carbocycles. The van der Waals surface area contributed by atoms with Crippen LogP contribution in [0.4, 0.5) is 0 Å². The molecular weight excluding hydrogens is 248 g/mol. The predicted molar refractivity (Wildman–Crippen MR) is 68.4 cm³/mol. The zero-order valence-electron chi connectivity index (χ0n) is 10.2. The van der Waals surface area contributed by atoms with Gasteiger partial charge in [-0.1, -0.05) is 33.1 Å². The summed E-state index contributed by atoms with van der Waals surface area (Å²) in [5.74, 6) is 0.605. The van der Waals surface area contributed by atoms with Crippen LogP contribution in [-0.4, -0.2) is 27.4 Å². The summed E-state index contributed by atoms with van der Waals surface area (Å²) in [7, 11) is 1.73. The van der Waals surface area contributed by atoms with Gasteiger partial charge in [-0.3, -0.25) is 0 Å². The highest BCUT2D eigenvalue weighted by atomic mass is 35.7. The first kappa shape index (κ1) is 16.2. The molecule has 0 fully saturated rings. The molecule has 0 rings (SSSR count). The van der Waals surface area contributed by atoms with Crippen LogP contribution in [-0.2, 0) is 13.8 Å². The molecule has 0 N–H and O–H groups in total. The lowest BCUT2D eigenvalue weighted by molar-refractivity contribution is 0.0948. The van der Waals surface area contributed by atoms with Crippen molar-refractivity contribution in [3.8, 4) is 0 Å². The minimum Gasteiger partial charge on any atom is -0.381 e. The Bertz CT molecular complexity index is 252. The highest BCUT2D eigenvalue weighted by molar-refractivity contribution is 8.13. The summed E-state index contributed by atoms with van der Waals surface area (Å²) >= 11 is 0. The van der Waals surface area contributed by atoms with Crippen LogP contribution < -0.4 is 0 Å². The van der Waals surface area contributed by atoms with Crippen molar-refractivity contribution in [1.82, 2.24) is 0 Å². The second kappa shape index (κ2) is 9.25. The maximum Gasteiger partial charge on any atom is 0.232 e. The van der Waals surface area contributed by atoms with Crippen LogP contribution >= 0.6 is 10.7 Å². The second-order valence-corrected chi connectivity index (χ2v) is 6.98. The van der Waals surface area contributed by atoms with Crippen molar-refractivity contribution in [1.29, 1.82) is 0 Å². The molecule has 0 saturated carbocycles. The Balaban J connectivity index is 3.48. The maximum absolute atomic E-state index is 10.6. The maximum atomic E-state index is 10.6. The lowest BCUT2D eigenvalue weighted by atomic mass is 10.0. The van der Waals surface area contributed by atoms with Gasteiger partial charge in [-0.2, -0.15) is 0 Å². The van der Waals surface area contributed by atoms with Gasteiger partial charge in [-0.25, -0.2) is 8.42 Å². The molecule has 5 heteroatoms. The summed E-state index contributed by atoms with van der Waals surface area (Å²) in [6, 6.07) is 0. The quantitative estimate of drug-likeness (QED) is 0.452. The largest absolute Gasteiger partial charge is 0.381 e. The van der Waals surface area contributed by atoms with Crippen LogP contribution in [0.3, 0.4) is 0 Å². The number of ether oxygens (including phenoxy) is 1. The normalized spacial score (nSPS) is 13.9. The van der Waals surface area contributed by atoms with Crippen molar-refractivity contribution >= 4 is 19.7 Å². The molecule has 0 bridgehead atoms. The van der Waals surface area contributed by atoms with Crippen molar-refractivity contribution < 1.29 is 13.2 Å². The molecule has 0 aromatic heterocycles. The standard InChI is InChI=1S/C11H23ClO3S/c1-3-5-7-11(4-2)10-15-8-6-9-16(12,13)14/h11H,3-10H2,1-2H3. The third-order valence-electron chi connectivity index (χ3n) is 2.57. The Morgan fingerprint density at radius 2 is 1.94 bits per heavy atom. The van der Waals surface area contributed by atoms with Crippen LogP contribution in [0.25, 0.3) is 0 Å². The number of hydrogen-bond donors (Lipinski definition) is 0. The number of rotatable bonds is 10. The predicted octanol–water partition coefficient (Wildman–Crippen LogP) is 3.18. The molecule has 1 atom stereocenters. The second-order valence-electron chi connectivity index (χ2n) is 4.09. The Morgan fingerprint density at radius 1 is 1.25 bits per heavy atom. The third-order valence-corrected chi connectivity index (χ3v) is 3.81. The topological polar surface area (TPSA) is 43.4 Å². The first-order chi connectivity index (χ1) is 7.49. The van der Waals surface area contributed by atoms with E-state index in [1.54, 1.807) is 0 Å². The summed E-state index contributed by atoms with van der Waals surface area (Å²) in [4.78, 5) is 0. The summed E-state index contributed by atoms with van der Waals surface area (Å²) in [6.45, 7) is 5.55. The van der Waals surface area contributed by atoms with Gasteiger partial charge in [0.05, 0.1) is 5.75 Å². The Labute approximate surface area is 104 Å². The summed E-state index contributed by atoms with van der Waals surface area (Å²) in [5, 5.41) is 0. The zero-order chi connectivity index (χ0) is 12.4. The highest BCUT2D eigenvalue weighted by Crippen LogP contribution is 2.12. The Hall–Kier alpha value is 0.200. The SMILES string of the molecule is CCCCC(CC)COCCCS(=O)(=O)Cl. The average molecular weight is 271 g/mol.